The predicted molar refractivity (Wildman–Crippen MR) is 50.5 cm³/mol. The highest BCUT2D eigenvalue weighted by Gasteiger charge is 2.33. The fourth-order valence-electron chi connectivity index (χ4n) is 1.94. The number of aliphatic hydroxyl groups is 1. The van der Waals surface area contributed by atoms with Gasteiger partial charge >= 0.3 is 0 Å². The lowest BCUT2D eigenvalue weighted by atomic mass is 10.1. The van der Waals surface area contributed by atoms with Crippen LogP contribution in [0, 0.1) is 0 Å². The summed E-state index contributed by atoms with van der Waals surface area (Å²) >= 11 is 0. The number of hydrogen-bond acceptors (Lipinski definition) is 4. The van der Waals surface area contributed by atoms with Crippen molar-refractivity contribution in [3.05, 3.63) is 23.5 Å². The molecule has 4 heteroatoms. The van der Waals surface area contributed by atoms with E-state index in [1.807, 2.05) is 26.4 Å². The summed E-state index contributed by atoms with van der Waals surface area (Å²) in [4.78, 5) is 3.84. The van der Waals surface area contributed by atoms with Gasteiger partial charge in [0, 0.05) is 44.2 Å². The van der Waals surface area contributed by atoms with Crippen LogP contribution in [-0.2, 0) is 0 Å². The molecule has 0 aromatic heterocycles. The molecule has 0 aromatic rings. The number of allylic oxidation sites excluding steroid dienone is 1. The van der Waals surface area contributed by atoms with E-state index in [4.69, 9.17) is 5.73 Å². The molecule has 0 saturated heterocycles. The predicted octanol–water partition coefficient (Wildman–Crippen LogP) is -0.709. The molecule has 2 aliphatic heterocycles. The highest BCUT2D eigenvalue weighted by Crippen LogP contribution is 2.28. The molecule has 0 aromatic carbocycles. The molecule has 0 fully saturated rings. The monoisotopic (exact) mass is 181 g/mol. The van der Waals surface area contributed by atoms with Crippen LogP contribution in [0.15, 0.2) is 23.5 Å². The molecule has 13 heavy (non-hydrogen) atoms. The maximum Gasteiger partial charge on any atom is 0.152 e. The largest absolute Gasteiger partial charge is 0.373 e. The Morgan fingerprint density at radius 2 is 2.23 bits per heavy atom. The molecule has 3 N–H and O–H groups in total. The quantitative estimate of drug-likeness (QED) is 0.518. The van der Waals surface area contributed by atoms with Gasteiger partial charge in [-0.3, -0.25) is 0 Å². The van der Waals surface area contributed by atoms with Gasteiger partial charge in [-0.25, -0.2) is 0 Å². The summed E-state index contributed by atoms with van der Waals surface area (Å²) in [6.07, 6.45) is 3.31. The standard InChI is InChI=1S/C9H15N3O/c1-11-4-3-7-8(9(11)13)6(10)5-12(7)2/h3-4,6,9,13H,5,10H2,1-2H3. The molecule has 2 unspecified atom stereocenters. The number of nitrogens with zero attached hydrogens (tertiary/aromatic N) is 2. The molecule has 0 saturated carbocycles. The van der Waals surface area contributed by atoms with Gasteiger partial charge in [0.05, 0.1) is 0 Å². The van der Waals surface area contributed by atoms with Crippen LogP contribution in [0.25, 0.3) is 0 Å². The van der Waals surface area contributed by atoms with E-state index in [2.05, 4.69) is 4.90 Å². The minimum absolute atomic E-state index is 0.0394. The summed E-state index contributed by atoms with van der Waals surface area (Å²) in [6.45, 7) is 0.792. The van der Waals surface area contributed by atoms with Crippen molar-refractivity contribution in [3.63, 3.8) is 0 Å². The number of likely N-dealkylation sites (N-methyl/N-ethyl adjacent to an activating group) is 2. The molecule has 2 rings (SSSR count). The first kappa shape index (κ1) is 8.59. The van der Waals surface area contributed by atoms with Crippen LogP contribution in [0.4, 0.5) is 0 Å². The second-order valence-corrected chi connectivity index (χ2v) is 3.68. The van der Waals surface area contributed by atoms with Crippen molar-refractivity contribution in [2.24, 2.45) is 5.73 Å². The van der Waals surface area contributed by atoms with Crippen molar-refractivity contribution >= 4 is 0 Å². The van der Waals surface area contributed by atoms with E-state index in [1.165, 1.54) is 0 Å². The van der Waals surface area contributed by atoms with E-state index >= 15 is 0 Å². The van der Waals surface area contributed by atoms with Gasteiger partial charge in [0.25, 0.3) is 0 Å². The van der Waals surface area contributed by atoms with Crippen LogP contribution < -0.4 is 5.73 Å². The minimum atomic E-state index is -0.556. The van der Waals surface area contributed by atoms with Crippen LogP contribution in [0.1, 0.15) is 0 Å². The molecule has 4 nitrogen and oxygen atoms in total. The van der Waals surface area contributed by atoms with Crippen molar-refractivity contribution in [1.82, 2.24) is 9.80 Å². The highest BCUT2D eigenvalue weighted by molar-refractivity contribution is 5.37. The lowest BCUT2D eigenvalue weighted by Gasteiger charge is -2.28. The second kappa shape index (κ2) is 2.75. The topological polar surface area (TPSA) is 52.7 Å². The maximum atomic E-state index is 9.85. The van der Waals surface area contributed by atoms with Gasteiger partial charge in [-0.2, -0.15) is 0 Å². The molecule has 72 valence electrons. The van der Waals surface area contributed by atoms with E-state index in [1.54, 1.807) is 4.90 Å². The summed E-state index contributed by atoms with van der Waals surface area (Å²) < 4.78 is 0. The van der Waals surface area contributed by atoms with Gasteiger partial charge in [0.2, 0.25) is 0 Å². The second-order valence-electron chi connectivity index (χ2n) is 3.68. The first-order valence-electron chi connectivity index (χ1n) is 4.40. The number of aliphatic hydroxyl groups excluding tert-OH is 1. The molecule has 2 atom stereocenters. The fraction of sp³-hybridized carbons (Fsp3) is 0.556. The molecule has 0 radical (unpaired) electrons. The van der Waals surface area contributed by atoms with Crippen LogP contribution in [0.5, 0.6) is 0 Å². The van der Waals surface area contributed by atoms with Gasteiger partial charge in [0.15, 0.2) is 6.23 Å². The minimum Gasteiger partial charge on any atom is -0.373 e. The lowest BCUT2D eigenvalue weighted by molar-refractivity contribution is 0.0814. The number of rotatable bonds is 0. The van der Waals surface area contributed by atoms with Crippen molar-refractivity contribution in [2.75, 3.05) is 20.6 Å². The lowest BCUT2D eigenvalue weighted by Crippen LogP contribution is -2.38. The Morgan fingerprint density at radius 3 is 2.92 bits per heavy atom. The average molecular weight is 181 g/mol. The molecular weight excluding hydrogens is 166 g/mol. The van der Waals surface area contributed by atoms with Gasteiger partial charge < -0.3 is 20.6 Å². The van der Waals surface area contributed by atoms with Crippen molar-refractivity contribution in [2.45, 2.75) is 12.3 Å². The summed E-state index contributed by atoms with van der Waals surface area (Å²) in [6, 6.07) is -0.0394. The van der Waals surface area contributed by atoms with E-state index in [0.717, 1.165) is 17.8 Å². The third kappa shape index (κ3) is 1.14. The summed E-state index contributed by atoms with van der Waals surface area (Å²) in [5, 5.41) is 9.85. The normalized spacial score (nSPS) is 32.9. The molecule has 0 bridgehead atoms. The maximum absolute atomic E-state index is 9.85. The molecule has 0 spiro atoms. The molecular formula is C9H15N3O. The van der Waals surface area contributed by atoms with Gasteiger partial charge in [0.1, 0.15) is 0 Å². The Labute approximate surface area is 77.9 Å². The van der Waals surface area contributed by atoms with E-state index in [9.17, 15) is 5.11 Å². The zero-order valence-electron chi connectivity index (χ0n) is 7.94. The van der Waals surface area contributed by atoms with E-state index < -0.39 is 6.23 Å². The third-order valence-electron chi connectivity index (χ3n) is 2.71. The first-order valence-corrected chi connectivity index (χ1v) is 4.40. The number of nitrogens with two attached hydrogens (primary N) is 1. The Morgan fingerprint density at radius 1 is 1.54 bits per heavy atom. The fourth-order valence-corrected chi connectivity index (χ4v) is 1.94. The van der Waals surface area contributed by atoms with E-state index in [-0.39, 0.29) is 6.04 Å². The third-order valence-corrected chi connectivity index (χ3v) is 2.71. The molecule has 0 aliphatic carbocycles. The summed E-state index contributed by atoms with van der Waals surface area (Å²) in [7, 11) is 3.83. The Balaban J connectivity index is 2.38. The summed E-state index contributed by atoms with van der Waals surface area (Å²) in [5.74, 6) is 0. The smallest absolute Gasteiger partial charge is 0.152 e. The molecule has 2 heterocycles. The van der Waals surface area contributed by atoms with Crippen LogP contribution >= 0.6 is 0 Å². The van der Waals surface area contributed by atoms with Crippen molar-refractivity contribution in [3.8, 4) is 0 Å². The van der Waals surface area contributed by atoms with Crippen LogP contribution in [0.2, 0.25) is 0 Å². The Hall–Kier alpha value is -1.00. The van der Waals surface area contributed by atoms with Crippen molar-refractivity contribution < 1.29 is 5.11 Å². The van der Waals surface area contributed by atoms with Gasteiger partial charge in [-0.15, -0.1) is 0 Å². The zero-order valence-corrected chi connectivity index (χ0v) is 7.94. The van der Waals surface area contributed by atoms with Crippen LogP contribution in [0.3, 0.4) is 0 Å². The van der Waals surface area contributed by atoms with Gasteiger partial charge in [-0.1, -0.05) is 0 Å². The Bertz CT molecular complexity index is 285. The highest BCUT2D eigenvalue weighted by atomic mass is 16.3. The molecule has 2 aliphatic rings. The summed E-state index contributed by atoms with van der Waals surface area (Å²) in [5.41, 5.74) is 7.92. The van der Waals surface area contributed by atoms with Gasteiger partial charge in [-0.05, 0) is 6.08 Å². The zero-order chi connectivity index (χ0) is 9.59. The molecule has 0 amide bonds. The van der Waals surface area contributed by atoms with Crippen molar-refractivity contribution in [1.29, 1.82) is 0 Å². The first-order chi connectivity index (χ1) is 6.11. The van der Waals surface area contributed by atoms with Crippen LogP contribution in [-0.4, -0.2) is 47.8 Å². The number of hydrogen-bond donors (Lipinski definition) is 2. The Kier molecular flexibility index (Phi) is 1.82. The SMILES string of the molecule is CN1CC(N)C2=C1C=CN(C)C2O. The van der Waals surface area contributed by atoms with E-state index in [0.29, 0.717) is 0 Å². The average Bonchev–Trinajstić information content (AvgIpc) is 2.35.